The van der Waals surface area contributed by atoms with Crippen LogP contribution in [0.25, 0.3) is 11.5 Å². The molecule has 1 fully saturated rings. The number of aromatic nitrogens is 2. The maximum absolute atomic E-state index is 12.8. The highest BCUT2D eigenvalue weighted by Gasteiger charge is 2.49. The van der Waals surface area contributed by atoms with Gasteiger partial charge in [0.25, 0.3) is 5.91 Å². The number of hydrogen-bond donors (Lipinski definition) is 1. The Bertz CT molecular complexity index is 965. The minimum atomic E-state index is -1.07. The van der Waals surface area contributed by atoms with Crippen LogP contribution in [0.1, 0.15) is 23.9 Å². The molecule has 4 rings (SSSR count). The van der Waals surface area contributed by atoms with Crippen LogP contribution in [0.2, 0.25) is 0 Å². The quantitative estimate of drug-likeness (QED) is 0.715. The van der Waals surface area contributed by atoms with E-state index in [2.05, 4.69) is 15.5 Å². The molecule has 0 radical (unpaired) electrons. The van der Waals surface area contributed by atoms with Crippen LogP contribution in [0.15, 0.2) is 45.5 Å². The number of benzene rings is 1. The predicted molar refractivity (Wildman–Crippen MR) is 95.2 cm³/mol. The molecule has 1 unspecified atom stereocenters. The third-order valence-corrected chi connectivity index (χ3v) is 5.12. The standard InChI is InChI=1S/C18H16N4O3S/c1-11-3-5-12(6-4-11)15-21-20-14(25-15)9-22-16(23)18(2,19-17(22)24)13-7-8-26-10-13/h3-8,10H,9H2,1-2H3,(H,19,24). The lowest BCUT2D eigenvalue weighted by Crippen LogP contribution is -2.40. The largest absolute Gasteiger partial charge is 0.419 e. The van der Waals surface area contributed by atoms with Crippen LogP contribution < -0.4 is 5.32 Å². The summed E-state index contributed by atoms with van der Waals surface area (Å²) in [6, 6.07) is 9.02. The van der Waals surface area contributed by atoms with Crippen LogP contribution in [-0.2, 0) is 16.9 Å². The van der Waals surface area contributed by atoms with Gasteiger partial charge in [-0.25, -0.2) is 4.79 Å². The van der Waals surface area contributed by atoms with E-state index in [9.17, 15) is 9.59 Å². The predicted octanol–water partition coefficient (Wildman–Crippen LogP) is 3.07. The molecule has 26 heavy (non-hydrogen) atoms. The number of rotatable bonds is 4. The van der Waals surface area contributed by atoms with Gasteiger partial charge in [0.2, 0.25) is 11.8 Å². The summed E-state index contributed by atoms with van der Waals surface area (Å²) in [5.41, 5.74) is 1.60. The van der Waals surface area contributed by atoms with E-state index in [4.69, 9.17) is 4.42 Å². The molecular formula is C18H16N4O3S. The third kappa shape index (κ3) is 2.68. The molecule has 1 aliphatic heterocycles. The van der Waals surface area contributed by atoms with Crippen molar-refractivity contribution >= 4 is 23.3 Å². The van der Waals surface area contributed by atoms with Crippen molar-refractivity contribution in [1.82, 2.24) is 20.4 Å². The fourth-order valence-corrected chi connectivity index (χ4v) is 3.62. The average Bonchev–Trinajstić information content (AvgIpc) is 3.34. The molecule has 2 aromatic heterocycles. The van der Waals surface area contributed by atoms with Crippen LogP contribution in [0.5, 0.6) is 0 Å². The molecule has 3 aromatic rings. The summed E-state index contributed by atoms with van der Waals surface area (Å²) in [5.74, 6) is 0.224. The SMILES string of the molecule is Cc1ccc(-c2nnc(CN3C(=O)NC(C)(c4ccsc4)C3=O)o2)cc1. The van der Waals surface area contributed by atoms with Crippen molar-refractivity contribution in [3.8, 4) is 11.5 Å². The molecule has 0 bridgehead atoms. The lowest BCUT2D eigenvalue weighted by atomic mass is 9.95. The minimum absolute atomic E-state index is 0.0662. The highest BCUT2D eigenvalue weighted by molar-refractivity contribution is 7.08. The Morgan fingerprint density at radius 3 is 2.65 bits per heavy atom. The van der Waals surface area contributed by atoms with E-state index in [1.54, 1.807) is 6.92 Å². The summed E-state index contributed by atoms with van der Waals surface area (Å²) in [7, 11) is 0. The van der Waals surface area contributed by atoms with Gasteiger partial charge >= 0.3 is 6.03 Å². The van der Waals surface area contributed by atoms with E-state index in [1.165, 1.54) is 11.3 Å². The number of thiophene rings is 1. The number of carbonyl (C=O) groups excluding carboxylic acids is 2. The van der Waals surface area contributed by atoms with Gasteiger partial charge in [0.15, 0.2) is 0 Å². The topological polar surface area (TPSA) is 88.3 Å². The van der Waals surface area contributed by atoms with Crippen LogP contribution in [-0.4, -0.2) is 27.0 Å². The zero-order valence-corrected chi connectivity index (χ0v) is 15.0. The number of aryl methyl sites for hydroxylation is 1. The molecule has 132 valence electrons. The van der Waals surface area contributed by atoms with Crippen molar-refractivity contribution in [2.24, 2.45) is 0 Å². The van der Waals surface area contributed by atoms with Gasteiger partial charge in [0, 0.05) is 5.56 Å². The summed E-state index contributed by atoms with van der Waals surface area (Å²) in [5, 5.41) is 14.5. The van der Waals surface area contributed by atoms with Gasteiger partial charge in [0.05, 0.1) is 0 Å². The number of nitrogens with one attached hydrogen (secondary N) is 1. The molecule has 1 aromatic carbocycles. The number of urea groups is 1. The molecule has 0 saturated carbocycles. The molecule has 3 amide bonds. The zero-order chi connectivity index (χ0) is 18.3. The summed E-state index contributed by atoms with van der Waals surface area (Å²) < 4.78 is 5.63. The zero-order valence-electron chi connectivity index (χ0n) is 14.2. The van der Waals surface area contributed by atoms with Crippen LogP contribution >= 0.6 is 11.3 Å². The van der Waals surface area contributed by atoms with E-state index in [0.717, 1.165) is 21.6 Å². The average molecular weight is 368 g/mol. The molecule has 3 heterocycles. The first-order valence-corrected chi connectivity index (χ1v) is 8.98. The Balaban J connectivity index is 1.55. The fraction of sp³-hybridized carbons (Fsp3) is 0.222. The lowest BCUT2D eigenvalue weighted by molar-refractivity contribution is -0.131. The smallest absolute Gasteiger partial charge is 0.325 e. The minimum Gasteiger partial charge on any atom is -0.419 e. The second kappa shape index (κ2) is 6.06. The molecule has 1 N–H and O–H groups in total. The number of nitrogens with zero attached hydrogens (tertiary/aromatic N) is 3. The van der Waals surface area contributed by atoms with E-state index in [1.807, 2.05) is 48.0 Å². The summed E-state index contributed by atoms with van der Waals surface area (Å²) >= 11 is 1.47. The molecule has 8 heteroatoms. The highest BCUT2D eigenvalue weighted by atomic mass is 32.1. The lowest BCUT2D eigenvalue weighted by Gasteiger charge is -2.20. The fourth-order valence-electron chi connectivity index (χ4n) is 2.85. The van der Waals surface area contributed by atoms with Gasteiger partial charge in [0.1, 0.15) is 12.1 Å². The highest BCUT2D eigenvalue weighted by Crippen LogP contribution is 2.31. The van der Waals surface area contributed by atoms with E-state index >= 15 is 0 Å². The first-order chi connectivity index (χ1) is 12.5. The maximum atomic E-state index is 12.8. The Kier molecular flexibility index (Phi) is 3.84. The second-order valence-corrected chi connectivity index (χ2v) is 7.11. The molecule has 1 aliphatic rings. The molecular weight excluding hydrogens is 352 g/mol. The molecule has 1 atom stereocenters. The third-order valence-electron chi connectivity index (χ3n) is 4.43. The van der Waals surface area contributed by atoms with Crippen LogP contribution in [0.4, 0.5) is 4.79 Å². The van der Waals surface area contributed by atoms with Crippen molar-refractivity contribution in [3.63, 3.8) is 0 Å². The van der Waals surface area contributed by atoms with E-state index in [0.29, 0.717) is 5.89 Å². The van der Waals surface area contributed by atoms with Crippen LogP contribution in [0, 0.1) is 6.92 Å². The van der Waals surface area contributed by atoms with Gasteiger partial charge in [-0.2, -0.15) is 11.3 Å². The second-order valence-electron chi connectivity index (χ2n) is 6.33. The first-order valence-electron chi connectivity index (χ1n) is 8.03. The Morgan fingerprint density at radius 1 is 1.19 bits per heavy atom. The van der Waals surface area contributed by atoms with E-state index in [-0.39, 0.29) is 18.3 Å². The number of carbonyl (C=O) groups is 2. The van der Waals surface area contributed by atoms with Gasteiger partial charge in [-0.3, -0.25) is 9.69 Å². The summed E-state index contributed by atoms with van der Waals surface area (Å²) in [4.78, 5) is 26.2. The maximum Gasteiger partial charge on any atom is 0.325 e. The molecule has 1 saturated heterocycles. The summed E-state index contributed by atoms with van der Waals surface area (Å²) in [6.45, 7) is 3.62. The van der Waals surface area contributed by atoms with Crippen LogP contribution in [0.3, 0.4) is 0 Å². The first kappa shape index (κ1) is 16.5. The normalized spacial score (nSPS) is 19.8. The molecule has 7 nitrogen and oxygen atoms in total. The van der Waals surface area contributed by atoms with Crippen molar-refractivity contribution in [2.45, 2.75) is 25.9 Å². The molecule has 0 spiro atoms. The van der Waals surface area contributed by atoms with Crippen molar-refractivity contribution in [1.29, 1.82) is 0 Å². The van der Waals surface area contributed by atoms with Crippen molar-refractivity contribution in [3.05, 3.63) is 58.1 Å². The van der Waals surface area contributed by atoms with Crippen molar-refractivity contribution in [2.75, 3.05) is 0 Å². The van der Waals surface area contributed by atoms with Gasteiger partial charge in [-0.05, 0) is 48.4 Å². The number of hydrogen-bond acceptors (Lipinski definition) is 6. The van der Waals surface area contributed by atoms with Gasteiger partial charge in [-0.1, -0.05) is 17.7 Å². The molecule has 0 aliphatic carbocycles. The number of amides is 3. The Morgan fingerprint density at radius 2 is 1.96 bits per heavy atom. The van der Waals surface area contributed by atoms with E-state index < -0.39 is 11.6 Å². The monoisotopic (exact) mass is 368 g/mol. The number of imide groups is 1. The van der Waals surface area contributed by atoms with Gasteiger partial charge in [-0.15, -0.1) is 10.2 Å². The Labute approximate surface area is 153 Å². The summed E-state index contributed by atoms with van der Waals surface area (Å²) in [6.07, 6.45) is 0. The van der Waals surface area contributed by atoms with Gasteiger partial charge < -0.3 is 9.73 Å². The Hall–Kier alpha value is -3.00. The van der Waals surface area contributed by atoms with Crippen molar-refractivity contribution < 1.29 is 14.0 Å².